The molecule has 0 radical (unpaired) electrons. The summed E-state index contributed by atoms with van der Waals surface area (Å²) in [5, 5.41) is 12.4. The Kier molecular flexibility index (Phi) is 3.85. The van der Waals surface area contributed by atoms with Gasteiger partial charge >= 0.3 is 0 Å². The highest BCUT2D eigenvalue weighted by Gasteiger charge is 2.30. The summed E-state index contributed by atoms with van der Waals surface area (Å²) in [5.41, 5.74) is 4.80. The molecule has 0 saturated carbocycles. The van der Waals surface area contributed by atoms with Gasteiger partial charge < -0.3 is 14.6 Å². The standard InChI is InChI=1S/C20H24N4O/c1-14-4-5-17-16(10-14)15-7-9-23(3)11-18(15)24(17)12-20(2,25)19-6-8-21-13-22-19/h4-6,8,10,13,25H,7,9,11-12H2,1-3H3. The van der Waals surface area contributed by atoms with E-state index in [4.69, 9.17) is 0 Å². The van der Waals surface area contributed by atoms with Crippen molar-refractivity contribution in [1.82, 2.24) is 19.4 Å². The minimum Gasteiger partial charge on any atom is -0.382 e. The van der Waals surface area contributed by atoms with Gasteiger partial charge in [0.15, 0.2) is 0 Å². The molecule has 0 bridgehead atoms. The predicted molar refractivity (Wildman–Crippen MR) is 98.3 cm³/mol. The zero-order chi connectivity index (χ0) is 17.6. The van der Waals surface area contributed by atoms with Crippen LogP contribution in [0.25, 0.3) is 10.9 Å². The molecule has 130 valence electrons. The van der Waals surface area contributed by atoms with E-state index in [9.17, 15) is 5.11 Å². The summed E-state index contributed by atoms with van der Waals surface area (Å²) in [6.45, 7) is 6.42. The van der Waals surface area contributed by atoms with Gasteiger partial charge in [0.25, 0.3) is 0 Å². The Bertz CT molecular complexity index is 914. The van der Waals surface area contributed by atoms with Crippen molar-refractivity contribution in [1.29, 1.82) is 0 Å². The van der Waals surface area contributed by atoms with Gasteiger partial charge in [-0.25, -0.2) is 9.97 Å². The van der Waals surface area contributed by atoms with Crippen molar-refractivity contribution in [3.8, 4) is 0 Å². The number of fused-ring (bicyclic) bond motifs is 3. The molecule has 1 N–H and O–H groups in total. The van der Waals surface area contributed by atoms with Crippen molar-refractivity contribution in [2.45, 2.75) is 39.0 Å². The lowest BCUT2D eigenvalue weighted by Crippen LogP contribution is -2.32. The van der Waals surface area contributed by atoms with Crippen LogP contribution in [-0.4, -0.2) is 38.1 Å². The van der Waals surface area contributed by atoms with E-state index in [1.54, 1.807) is 12.3 Å². The Morgan fingerprint density at radius 3 is 2.88 bits per heavy atom. The van der Waals surface area contributed by atoms with Crippen molar-refractivity contribution in [2.75, 3.05) is 13.6 Å². The molecule has 0 amide bonds. The van der Waals surface area contributed by atoms with Crippen LogP contribution in [0.1, 0.15) is 29.4 Å². The average Bonchev–Trinajstić information content (AvgIpc) is 2.88. The van der Waals surface area contributed by atoms with Gasteiger partial charge in [-0.2, -0.15) is 0 Å². The van der Waals surface area contributed by atoms with E-state index in [2.05, 4.69) is 51.6 Å². The van der Waals surface area contributed by atoms with Crippen LogP contribution in [0.4, 0.5) is 0 Å². The molecular weight excluding hydrogens is 312 g/mol. The Labute approximate surface area is 147 Å². The lowest BCUT2D eigenvalue weighted by Gasteiger charge is -2.28. The van der Waals surface area contributed by atoms with Gasteiger partial charge in [-0.15, -0.1) is 0 Å². The minimum atomic E-state index is -1.05. The summed E-state index contributed by atoms with van der Waals surface area (Å²) >= 11 is 0. The topological polar surface area (TPSA) is 54.2 Å². The predicted octanol–water partition coefficient (Wildman–Crippen LogP) is 2.64. The summed E-state index contributed by atoms with van der Waals surface area (Å²) in [5.74, 6) is 0. The molecule has 1 aromatic carbocycles. The largest absolute Gasteiger partial charge is 0.382 e. The number of hydrogen-bond acceptors (Lipinski definition) is 4. The van der Waals surface area contributed by atoms with E-state index in [0.29, 0.717) is 12.2 Å². The van der Waals surface area contributed by atoms with Crippen LogP contribution >= 0.6 is 0 Å². The molecule has 25 heavy (non-hydrogen) atoms. The number of aromatic nitrogens is 3. The smallest absolute Gasteiger partial charge is 0.122 e. The molecule has 4 rings (SSSR count). The summed E-state index contributed by atoms with van der Waals surface area (Å²) in [6.07, 6.45) is 4.22. The molecule has 0 aliphatic carbocycles. The zero-order valence-electron chi connectivity index (χ0n) is 15.0. The van der Waals surface area contributed by atoms with Crippen molar-refractivity contribution in [3.05, 3.63) is 59.3 Å². The second-order valence-electron chi connectivity index (χ2n) is 7.39. The number of likely N-dealkylation sites (N-methyl/N-ethyl adjacent to an activating group) is 1. The van der Waals surface area contributed by atoms with E-state index in [-0.39, 0.29) is 0 Å². The highest BCUT2D eigenvalue weighted by atomic mass is 16.3. The monoisotopic (exact) mass is 336 g/mol. The number of aliphatic hydroxyl groups is 1. The molecule has 2 aromatic heterocycles. The summed E-state index contributed by atoms with van der Waals surface area (Å²) < 4.78 is 2.28. The average molecular weight is 336 g/mol. The maximum atomic E-state index is 11.1. The Morgan fingerprint density at radius 2 is 2.12 bits per heavy atom. The molecule has 5 heteroatoms. The molecular formula is C20H24N4O. The normalized spacial score (nSPS) is 17.4. The fraction of sp³-hybridized carbons (Fsp3) is 0.400. The summed E-state index contributed by atoms with van der Waals surface area (Å²) in [7, 11) is 2.15. The second-order valence-corrected chi connectivity index (χ2v) is 7.39. The van der Waals surface area contributed by atoms with Crippen molar-refractivity contribution >= 4 is 10.9 Å². The maximum absolute atomic E-state index is 11.1. The van der Waals surface area contributed by atoms with Gasteiger partial charge in [-0.3, -0.25) is 0 Å². The number of aryl methyl sites for hydroxylation is 1. The third kappa shape index (κ3) is 2.83. The van der Waals surface area contributed by atoms with Gasteiger partial charge in [-0.1, -0.05) is 11.6 Å². The SMILES string of the molecule is Cc1ccc2c(c1)c1c(n2CC(C)(O)c2ccncn2)CN(C)CC1. The van der Waals surface area contributed by atoms with Gasteiger partial charge in [0, 0.05) is 35.9 Å². The molecule has 5 nitrogen and oxygen atoms in total. The fourth-order valence-electron chi connectivity index (χ4n) is 3.87. The molecule has 0 fully saturated rings. The number of rotatable bonds is 3. The maximum Gasteiger partial charge on any atom is 0.122 e. The molecule has 1 aliphatic heterocycles. The quantitative estimate of drug-likeness (QED) is 0.799. The first-order valence-corrected chi connectivity index (χ1v) is 8.74. The lowest BCUT2D eigenvalue weighted by molar-refractivity contribution is 0.0336. The molecule has 1 atom stereocenters. The van der Waals surface area contributed by atoms with Crippen LogP contribution in [0.3, 0.4) is 0 Å². The van der Waals surface area contributed by atoms with Crippen molar-refractivity contribution in [3.63, 3.8) is 0 Å². The van der Waals surface area contributed by atoms with E-state index in [1.807, 2.05) is 6.92 Å². The zero-order valence-corrected chi connectivity index (χ0v) is 15.0. The van der Waals surface area contributed by atoms with Gasteiger partial charge in [0.05, 0.1) is 12.2 Å². The first-order chi connectivity index (χ1) is 12.0. The molecule has 1 unspecified atom stereocenters. The van der Waals surface area contributed by atoms with Crippen molar-refractivity contribution in [2.24, 2.45) is 0 Å². The number of nitrogens with zero attached hydrogens (tertiary/aromatic N) is 4. The highest BCUT2D eigenvalue weighted by Crippen LogP contribution is 2.33. The summed E-state index contributed by atoms with van der Waals surface area (Å²) in [6, 6.07) is 8.39. The third-order valence-electron chi connectivity index (χ3n) is 5.21. The van der Waals surface area contributed by atoms with Crippen LogP contribution in [-0.2, 0) is 25.1 Å². The highest BCUT2D eigenvalue weighted by molar-refractivity contribution is 5.86. The first kappa shape index (κ1) is 16.2. The van der Waals surface area contributed by atoms with Crippen LogP contribution < -0.4 is 0 Å². The van der Waals surface area contributed by atoms with Crippen LogP contribution in [0.15, 0.2) is 36.8 Å². The Hall–Kier alpha value is -2.24. The van der Waals surface area contributed by atoms with E-state index in [0.717, 1.165) is 19.5 Å². The van der Waals surface area contributed by atoms with Crippen molar-refractivity contribution < 1.29 is 5.11 Å². The molecule has 1 aliphatic rings. The molecule has 3 heterocycles. The van der Waals surface area contributed by atoms with E-state index >= 15 is 0 Å². The minimum absolute atomic E-state index is 0.479. The number of hydrogen-bond donors (Lipinski definition) is 1. The first-order valence-electron chi connectivity index (χ1n) is 8.74. The van der Waals surface area contributed by atoms with Crippen LogP contribution in [0, 0.1) is 6.92 Å². The Balaban J connectivity index is 1.85. The summed E-state index contributed by atoms with van der Waals surface area (Å²) in [4.78, 5) is 10.6. The Morgan fingerprint density at radius 1 is 1.28 bits per heavy atom. The van der Waals surface area contributed by atoms with E-state index in [1.165, 1.54) is 34.1 Å². The van der Waals surface area contributed by atoms with Crippen LogP contribution in [0.5, 0.6) is 0 Å². The second kappa shape index (κ2) is 5.93. The third-order valence-corrected chi connectivity index (χ3v) is 5.21. The van der Waals surface area contributed by atoms with Gasteiger partial charge in [0.2, 0.25) is 0 Å². The molecule has 0 spiro atoms. The lowest BCUT2D eigenvalue weighted by atomic mass is 10.0. The van der Waals surface area contributed by atoms with Gasteiger partial charge in [-0.05, 0) is 51.1 Å². The fourth-order valence-corrected chi connectivity index (χ4v) is 3.87. The molecule has 3 aromatic rings. The molecule has 0 saturated heterocycles. The van der Waals surface area contributed by atoms with Gasteiger partial charge in [0.1, 0.15) is 11.9 Å². The number of benzene rings is 1. The van der Waals surface area contributed by atoms with Crippen LogP contribution in [0.2, 0.25) is 0 Å². The van der Waals surface area contributed by atoms with E-state index < -0.39 is 5.60 Å².